The van der Waals surface area contributed by atoms with Gasteiger partial charge in [-0.15, -0.1) is 12.4 Å². The Morgan fingerprint density at radius 1 is 0.704 bits per heavy atom. The predicted molar refractivity (Wildman–Crippen MR) is 116 cm³/mol. The summed E-state index contributed by atoms with van der Waals surface area (Å²) in [6.07, 6.45) is 0. The van der Waals surface area contributed by atoms with Crippen molar-refractivity contribution in [1.29, 1.82) is 0 Å². The van der Waals surface area contributed by atoms with Crippen molar-refractivity contribution in [3.63, 3.8) is 0 Å². The SMILES string of the molecule is Cc1nc2ccccc2n2c(-c3ccccc3)cc(-c3ccccc3)c12.Cl. The molecule has 0 spiro atoms. The van der Waals surface area contributed by atoms with Crippen LogP contribution in [-0.4, -0.2) is 9.38 Å². The van der Waals surface area contributed by atoms with Gasteiger partial charge in [-0.25, -0.2) is 4.98 Å². The fourth-order valence-electron chi connectivity index (χ4n) is 3.76. The molecule has 3 heteroatoms. The molecule has 0 saturated carbocycles. The van der Waals surface area contributed by atoms with Gasteiger partial charge in [0.15, 0.2) is 0 Å². The van der Waals surface area contributed by atoms with Gasteiger partial charge < -0.3 is 4.40 Å². The Kier molecular flexibility index (Phi) is 4.43. The summed E-state index contributed by atoms with van der Waals surface area (Å²) in [6, 6.07) is 31.8. The summed E-state index contributed by atoms with van der Waals surface area (Å²) in [5.41, 5.74) is 9.21. The van der Waals surface area contributed by atoms with E-state index in [1.54, 1.807) is 0 Å². The molecule has 132 valence electrons. The Morgan fingerprint density at radius 2 is 1.30 bits per heavy atom. The minimum Gasteiger partial charge on any atom is -0.305 e. The van der Waals surface area contributed by atoms with Crippen molar-refractivity contribution in [3.05, 3.63) is 96.7 Å². The Bertz CT molecular complexity index is 1230. The van der Waals surface area contributed by atoms with Crippen LogP contribution < -0.4 is 0 Å². The zero-order valence-corrected chi connectivity index (χ0v) is 15.8. The molecule has 2 aromatic heterocycles. The predicted octanol–water partition coefficient (Wildman–Crippen LogP) is 6.55. The summed E-state index contributed by atoms with van der Waals surface area (Å²) in [7, 11) is 0. The number of halogens is 1. The second-order valence-electron chi connectivity index (χ2n) is 6.55. The van der Waals surface area contributed by atoms with Gasteiger partial charge in [-0.3, -0.25) is 0 Å². The standard InChI is InChI=1S/C24H18N2.ClH/c1-17-24-20(18-10-4-2-5-11-18)16-23(19-12-6-3-7-13-19)26(24)22-15-9-8-14-21(22)25-17;/h2-16H,1H3;1H. The molecular weight excluding hydrogens is 352 g/mol. The summed E-state index contributed by atoms with van der Waals surface area (Å²) in [4.78, 5) is 4.88. The molecule has 3 aromatic carbocycles. The van der Waals surface area contributed by atoms with Crippen LogP contribution in [0.15, 0.2) is 91.0 Å². The van der Waals surface area contributed by atoms with Crippen molar-refractivity contribution in [2.24, 2.45) is 0 Å². The first-order chi connectivity index (χ1) is 12.8. The highest BCUT2D eigenvalue weighted by Gasteiger charge is 2.17. The van der Waals surface area contributed by atoms with Gasteiger partial charge in [0.25, 0.3) is 0 Å². The van der Waals surface area contributed by atoms with Gasteiger partial charge >= 0.3 is 0 Å². The molecule has 0 N–H and O–H groups in total. The fourth-order valence-corrected chi connectivity index (χ4v) is 3.76. The van der Waals surface area contributed by atoms with E-state index in [0.717, 1.165) is 16.7 Å². The summed E-state index contributed by atoms with van der Waals surface area (Å²) in [5.74, 6) is 0. The fraction of sp³-hybridized carbons (Fsp3) is 0.0417. The normalized spacial score (nSPS) is 10.9. The lowest BCUT2D eigenvalue weighted by Crippen LogP contribution is -1.97. The second kappa shape index (κ2) is 6.90. The minimum atomic E-state index is 0. The average molecular weight is 371 g/mol. The van der Waals surface area contributed by atoms with E-state index in [9.17, 15) is 0 Å². The van der Waals surface area contributed by atoms with E-state index in [4.69, 9.17) is 4.98 Å². The lowest BCUT2D eigenvalue weighted by atomic mass is 10.1. The third kappa shape index (κ3) is 2.79. The van der Waals surface area contributed by atoms with E-state index in [0.29, 0.717) is 0 Å². The summed E-state index contributed by atoms with van der Waals surface area (Å²) < 4.78 is 2.36. The van der Waals surface area contributed by atoms with E-state index < -0.39 is 0 Å². The molecule has 0 aliphatic carbocycles. The van der Waals surface area contributed by atoms with Gasteiger partial charge in [0.2, 0.25) is 0 Å². The Balaban J connectivity index is 0.00000180. The quantitative estimate of drug-likeness (QED) is 0.344. The van der Waals surface area contributed by atoms with E-state index in [1.165, 1.54) is 27.9 Å². The molecule has 0 fully saturated rings. The lowest BCUT2D eigenvalue weighted by molar-refractivity contribution is 1.17. The molecule has 2 nitrogen and oxygen atoms in total. The van der Waals surface area contributed by atoms with Crippen LogP contribution >= 0.6 is 12.4 Å². The first kappa shape index (κ1) is 17.3. The van der Waals surface area contributed by atoms with Crippen LogP contribution in [0.2, 0.25) is 0 Å². The molecule has 0 radical (unpaired) electrons. The first-order valence-corrected chi connectivity index (χ1v) is 8.84. The van der Waals surface area contributed by atoms with Crippen LogP contribution in [-0.2, 0) is 0 Å². The van der Waals surface area contributed by atoms with Crippen molar-refractivity contribution < 1.29 is 0 Å². The topological polar surface area (TPSA) is 17.3 Å². The number of hydrogen-bond donors (Lipinski definition) is 0. The van der Waals surface area contributed by atoms with Crippen molar-refractivity contribution in [3.8, 4) is 22.4 Å². The summed E-state index contributed by atoms with van der Waals surface area (Å²) >= 11 is 0. The molecule has 27 heavy (non-hydrogen) atoms. The van der Waals surface area contributed by atoms with Crippen LogP contribution in [0.1, 0.15) is 5.69 Å². The number of para-hydroxylation sites is 2. The Morgan fingerprint density at radius 3 is 2.00 bits per heavy atom. The lowest BCUT2D eigenvalue weighted by Gasteiger charge is -2.10. The molecule has 0 unspecified atom stereocenters. The molecule has 0 amide bonds. The Labute approximate surface area is 164 Å². The van der Waals surface area contributed by atoms with Gasteiger partial charge in [0.1, 0.15) is 0 Å². The zero-order chi connectivity index (χ0) is 17.5. The van der Waals surface area contributed by atoms with E-state index in [2.05, 4.69) is 96.3 Å². The molecule has 0 aliphatic heterocycles. The maximum Gasteiger partial charge on any atom is 0.0874 e. The van der Waals surface area contributed by atoms with Gasteiger partial charge in [-0.05, 0) is 36.2 Å². The highest BCUT2D eigenvalue weighted by molar-refractivity contribution is 5.93. The average Bonchev–Trinajstić information content (AvgIpc) is 3.11. The zero-order valence-electron chi connectivity index (χ0n) is 15.0. The molecule has 5 rings (SSSR count). The summed E-state index contributed by atoms with van der Waals surface area (Å²) in [5, 5.41) is 0. The van der Waals surface area contributed by atoms with Crippen LogP contribution in [0.5, 0.6) is 0 Å². The third-order valence-corrected chi connectivity index (χ3v) is 4.91. The molecule has 5 aromatic rings. The molecular formula is C24H19ClN2. The maximum atomic E-state index is 4.88. The van der Waals surface area contributed by atoms with Crippen LogP contribution in [0.25, 0.3) is 38.9 Å². The number of aryl methyl sites for hydroxylation is 1. The van der Waals surface area contributed by atoms with Gasteiger partial charge in [0, 0.05) is 5.56 Å². The number of fused-ring (bicyclic) bond motifs is 3. The van der Waals surface area contributed by atoms with Crippen molar-refractivity contribution >= 4 is 29.0 Å². The van der Waals surface area contributed by atoms with Gasteiger partial charge in [-0.1, -0.05) is 72.8 Å². The highest BCUT2D eigenvalue weighted by atomic mass is 35.5. The monoisotopic (exact) mass is 370 g/mol. The van der Waals surface area contributed by atoms with Gasteiger partial charge in [0.05, 0.1) is 27.9 Å². The van der Waals surface area contributed by atoms with E-state index >= 15 is 0 Å². The van der Waals surface area contributed by atoms with Crippen molar-refractivity contribution in [1.82, 2.24) is 9.38 Å². The van der Waals surface area contributed by atoms with E-state index in [-0.39, 0.29) is 12.4 Å². The number of nitrogens with zero attached hydrogens (tertiary/aromatic N) is 2. The van der Waals surface area contributed by atoms with Crippen molar-refractivity contribution in [2.45, 2.75) is 6.92 Å². The number of rotatable bonds is 2. The first-order valence-electron chi connectivity index (χ1n) is 8.84. The molecule has 0 saturated heterocycles. The maximum absolute atomic E-state index is 4.88. The number of aromatic nitrogens is 2. The molecule has 0 bridgehead atoms. The van der Waals surface area contributed by atoms with Crippen LogP contribution in [0.4, 0.5) is 0 Å². The third-order valence-electron chi connectivity index (χ3n) is 4.91. The van der Waals surface area contributed by atoms with E-state index in [1.807, 2.05) is 6.07 Å². The minimum absolute atomic E-state index is 0. The molecule has 2 heterocycles. The summed E-state index contributed by atoms with van der Waals surface area (Å²) in [6.45, 7) is 2.10. The number of benzene rings is 3. The largest absolute Gasteiger partial charge is 0.305 e. The number of hydrogen-bond acceptors (Lipinski definition) is 1. The smallest absolute Gasteiger partial charge is 0.0874 e. The van der Waals surface area contributed by atoms with Gasteiger partial charge in [-0.2, -0.15) is 0 Å². The van der Waals surface area contributed by atoms with Crippen molar-refractivity contribution in [2.75, 3.05) is 0 Å². The second-order valence-corrected chi connectivity index (χ2v) is 6.55. The Hall–Kier alpha value is -3.10. The molecule has 0 aliphatic rings. The molecule has 0 atom stereocenters. The van der Waals surface area contributed by atoms with Crippen LogP contribution in [0.3, 0.4) is 0 Å². The van der Waals surface area contributed by atoms with Crippen LogP contribution in [0, 0.1) is 6.92 Å². The highest BCUT2D eigenvalue weighted by Crippen LogP contribution is 2.36.